The van der Waals surface area contributed by atoms with Crippen LogP contribution in [0.3, 0.4) is 0 Å². The Hall–Kier alpha value is -1.02. The zero-order chi connectivity index (χ0) is 13.8. The molecule has 0 bridgehead atoms. The zero-order valence-corrected chi connectivity index (χ0v) is 12.6. The molecule has 2 rings (SSSR count). The predicted octanol–water partition coefficient (Wildman–Crippen LogP) is 5.16. The first-order chi connectivity index (χ1) is 9.06. The summed E-state index contributed by atoms with van der Waals surface area (Å²) in [5, 5.41) is 4.74. The van der Waals surface area contributed by atoms with Crippen LogP contribution in [0.15, 0.2) is 42.5 Å². The van der Waals surface area contributed by atoms with Crippen molar-refractivity contribution >= 4 is 23.2 Å². The highest BCUT2D eigenvalue weighted by Crippen LogP contribution is 2.30. The van der Waals surface area contributed by atoms with E-state index in [9.17, 15) is 0 Å². The number of benzene rings is 2. The number of nitrogens with one attached hydrogen (secondary N) is 1. The average Bonchev–Trinajstić information content (AvgIpc) is 2.37. The number of hydrogen-bond acceptors (Lipinski definition) is 1. The second kappa shape index (κ2) is 6.42. The summed E-state index contributed by atoms with van der Waals surface area (Å²) in [6.07, 6.45) is 0. The second-order valence-corrected chi connectivity index (χ2v) is 5.70. The van der Waals surface area contributed by atoms with Crippen molar-refractivity contribution in [1.82, 2.24) is 5.32 Å². The van der Waals surface area contributed by atoms with E-state index in [4.69, 9.17) is 23.2 Å². The lowest BCUT2D eigenvalue weighted by Crippen LogP contribution is -2.21. The molecule has 0 fully saturated rings. The van der Waals surface area contributed by atoms with E-state index >= 15 is 0 Å². The molecule has 3 heteroatoms. The van der Waals surface area contributed by atoms with Crippen LogP contribution in [0, 0.1) is 0 Å². The fourth-order valence-corrected chi connectivity index (χ4v) is 2.37. The highest BCUT2D eigenvalue weighted by molar-refractivity contribution is 6.36. The van der Waals surface area contributed by atoms with Crippen LogP contribution in [-0.2, 0) is 6.54 Å². The molecule has 0 aliphatic rings. The van der Waals surface area contributed by atoms with Gasteiger partial charge in [0.2, 0.25) is 0 Å². The molecule has 100 valence electrons. The van der Waals surface area contributed by atoms with Crippen molar-refractivity contribution in [2.45, 2.75) is 26.4 Å². The number of hydrogen-bond donors (Lipinski definition) is 1. The van der Waals surface area contributed by atoms with Gasteiger partial charge in [0.05, 0.1) is 0 Å². The lowest BCUT2D eigenvalue weighted by molar-refractivity contribution is 0.589. The Kier molecular flexibility index (Phi) is 4.87. The third-order valence-corrected chi connectivity index (χ3v) is 3.46. The lowest BCUT2D eigenvalue weighted by Gasteiger charge is -2.09. The van der Waals surface area contributed by atoms with Crippen molar-refractivity contribution in [3.05, 3.63) is 58.1 Å². The van der Waals surface area contributed by atoms with E-state index in [2.05, 4.69) is 43.4 Å². The zero-order valence-electron chi connectivity index (χ0n) is 11.1. The minimum Gasteiger partial charge on any atom is -0.310 e. The molecule has 0 radical (unpaired) electrons. The normalized spacial score (nSPS) is 11.0. The molecular formula is C16H17Cl2N. The highest BCUT2D eigenvalue weighted by atomic mass is 35.5. The van der Waals surface area contributed by atoms with Crippen LogP contribution >= 0.6 is 23.2 Å². The maximum absolute atomic E-state index is 6.21. The van der Waals surface area contributed by atoms with Gasteiger partial charge in [-0.05, 0) is 23.3 Å². The first-order valence-corrected chi connectivity index (χ1v) is 7.09. The Bertz CT molecular complexity index is 547. The Balaban J connectivity index is 2.18. The van der Waals surface area contributed by atoms with Crippen LogP contribution in [0.1, 0.15) is 19.4 Å². The Morgan fingerprint density at radius 1 is 1.00 bits per heavy atom. The van der Waals surface area contributed by atoms with E-state index in [1.165, 1.54) is 5.56 Å². The average molecular weight is 294 g/mol. The Morgan fingerprint density at radius 3 is 2.26 bits per heavy atom. The van der Waals surface area contributed by atoms with E-state index < -0.39 is 0 Å². The van der Waals surface area contributed by atoms with Crippen molar-refractivity contribution in [1.29, 1.82) is 0 Å². The molecule has 0 saturated heterocycles. The van der Waals surface area contributed by atoms with Gasteiger partial charge in [-0.25, -0.2) is 0 Å². The quantitative estimate of drug-likeness (QED) is 0.821. The van der Waals surface area contributed by atoms with Crippen molar-refractivity contribution in [2.24, 2.45) is 0 Å². The van der Waals surface area contributed by atoms with E-state index in [-0.39, 0.29) is 0 Å². The molecule has 0 aromatic heterocycles. The van der Waals surface area contributed by atoms with E-state index in [0.717, 1.165) is 17.7 Å². The van der Waals surface area contributed by atoms with Gasteiger partial charge in [-0.2, -0.15) is 0 Å². The molecule has 0 unspecified atom stereocenters. The first kappa shape index (κ1) is 14.4. The molecule has 2 aromatic carbocycles. The predicted molar refractivity (Wildman–Crippen MR) is 83.9 cm³/mol. The number of halogens is 2. The molecule has 0 amide bonds. The van der Waals surface area contributed by atoms with Crippen LogP contribution in [0.5, 0.6) is 0 Å². The van der Waals surface area contributed by atoms with Crippen molar-refractivity contribution in [3.8, 4) is 11.1 Å². The fraction of sp³-hybridized carbons (Fsp3) is 0.250. The maximum atomic E-state index is 6.21. The first-order valence-electron chi connectivity index (χ1n) is 6.34. The van der Waals surface area contributed by atoms with Crippen LogP contribution in [-0.4, -0.2) is 6.04 Å². The van der Waals surface area contributed by atoms with Crippen molar-refractivity contribution in [3.63, 3.8) is 0 Å². The lowest BCUT2D eigenvalue weighted by atomic mass is 10.0. The minimum absolute atomic E-state index is 0.491. The molecule has 0 heterocycles. The van der Waals surface area contributed by atoms with E-state index in [0.29, 0.717) is 16.1 Å². The van der Waals surface area contributed by atoms with Gasteiger partial charge in [-0.15, -0.1) is 0 Å². The summed E-state index contributed by atoms with van der Waals surface area (Å²) in [7, 11) is 0. The van der Waals surface area contributed by atoms with E-state index in [1.54, 1.807) is 6.07 Å². The topological polar surface area (TPSA) is 12.0 Å². The standard InChI is InChI=1S/C16H17Cl2N/c1-11(2)19-10-12-3-5-13(6-4-12)15-8-7-14(17)9-16(15)18/h3-9,11,19H,10H2,1-2H3. The summed E-state index contributed by atoms with van der Waals surface area (Å²) < 4.78 is 0. The van der Waals surface area contributed by atoms with Crippen LogP contribution < -0.4 is 5.32 Å². The largest absolute Gasteiger partial charge is 0.310 e. The summed E-state index contributed by atoms with van der Waals surface area (Å²) in [5.41, 5.74) is 3.38. The highest BCUT2D eigenvalue weighted by Gasteiger charge is 2.04. The van der Waals surface area contributed by atoms with Crippen LogP contribution in [0.2, 0.25) is 10.0 Å². The molecular weight excluding hydrogens is 277 g/mol. The minimum atomic E-state index is 0.491. The monoisotopic (exact) mass is 293 g/mol. The molecule has 0 aliphatic heterocycles. The van der Waals surface area contributed by atoms with Crippen molar-refractivity contribution < 1.29 is 0 Å². The molecule has 1 N–H and O–H groups in total. The maximum Gasteiger partial charge on any atom is 0.0499 e. The molecule has 1 nitrogen and oxygen atoms in total. The third-order valence-electron chi connectivity index (χ3n) is 2.91. The van der Waals surface area contributed by atoms with Crippen LogP contribution in [0.25, 0.3) is 11.1 Å². The van der Waals surface area contributed by atoms with Gasteiger partial charge in [0.25, 0.3) is 0 Å². The van der Waals surface area contributed by atoms with Gasteiger partial charge in [0, 0.05) is 28.2 Å². The van der Waals surface area contributed by atoms with E-state index in [1.807, 2.05) is 12.1 Å². The van der Waals surface area contributed by atoms with Crippen molar-refractivity contribution in [2.75, 3.05) is 0 Å². The molecule has 19 heavy (non-hydrogen) atoms. The van der Waals surface area contributed by atoms with Crippen LogP contribution in [0.4, 0.5) is 0 Å². The molecule has 2 aromatic rings. The number of rotatable bonds is 4. The van der Waals surface area contributed by atoms with Gasteiger partial charge in [0.15, 0.2) is 0 Å². The van der Waals surface area contributed by atoms with Gasteiger partial charge in [-0.1, -0.05) is 67.4 Å². The molecule has 0 spiro atoms. The molecule has 0 aliphatic carbocycles. The third kappa shape index (κ3) is 3.97. The SMILES string of the molecule is CC(C)NCc1ccc(-c2ccc(Cl)cc2Cl)cc1. The molecule has 0 atom stereocenters. The van der Waals surface area contributed by atoms with Gasteiger partial charge < -0.3 is 5.32 Å². The summed E-state index contributed by atoms with van der Waals surface area (Å²) >= 11 is 12.1. The summed E-state index contributed by atoms with van der Waals surface area (Å²) in [5.74, 6) is 0. The second-order valence-electron chi connectivity index (χ2n) is 4.86. The fourth-order valence-electron chi connectivity index (χ4n) is 1.85. The summed E-state index contributed by atoms with van der Waals surface area (Å²) in [6, 6.07) is 14.5. The van der Waals surface area contributed by atoms with Gasteiger partial charge >= 0.3 is 0 Å². The van der Waals surface area contributed by atoms with Gasteiger partial charge in [-0.3, -0.25) is 0 Å². The van der Waals surface area contributed by atoms with Gasteiger partial charge in [0.1, 0.15) is 0 Å². The summed E-state index contributed by atoms with van der Waals surface area (Å²) in [4.78, 5) is 0. The summed E-state index contributed by atoms with van der Waals surface area (Å²) in [6.45, 7) is 5.16. The Labute approximate surface area is 124 Å². The smallest absolute Gasteiger partial charge is 0.0499 e. The Morgan fingerprint density at radius 2 is 1.68 bits per heavy atom. The molecule has 0 saturated carbocycles.